The van der Waals surface area contributed by atoms with Crippen LogP contribution in [0.5, 0.6) is 0 Å². The summed E-state index contributed by atoms with van der Waals surface area (Å²) in [6.07, 6.45) is 1.62. The molecule has 5 heteroatoms. The van der Waals surface area contributed by atoms with Crippen molar-refractivity contribution in [1.82, 2.24) is 4.90 Å². The summed E-state index contributed by atoms with van der Waals surface area (Å²) in [4.78, 5) is 14.2. The Morgan fingerprint density at radius 1 is 1.42 bits per heavy atom. The molecule has 1 fully saturated rings. The van der Waals surface area contributed by atoms with Gasteiger partial charge < -0.3 is 15.8 Å². The van der Waals surface area contributed by atoms with E-state index in [0.29, 0.717) is 12.1 Å². The highest BCUT2D eigenvalue weighted by Gasteiger charge is 2.32. The minimum Gasteiger partial charge on any atom is -0.409 e. The maximum Gasteiger partial charge on any atom is 0.254 e. The smallest absolute Gasteiger partial charge is 0.254 e. The Morgan fingerprint density at radius 2 is 2.16 bits per heavy atom. The number of carbonyl (C=O) groups excluding carboxylic acids is 1. The summed E-state index contributed by atoms with van der Waals surface area (Å²) in [7, 11) is 0. The third kappa shape index (κ3) is 2.54. The molecular formula is C14H19N3O2. The number of carbonyl (C=O) groups is 1. The topological polar surface area (TPSA) is 78.9 Å². The van der Waals surface area contributed by atoms with Gasteiger partial charge in [-0.15, -0.1) is 0 Å². The van der Waals surface area contributed by atoms with Gasteiger partial charge in [-0.25, -0.2) is 0 Å². The van der Waals surface area contributed by atoms with Crippen LogP contribution in [0.2, 0.25) is 0 Å². The average Bonchev–Trinajstić information content (AvgIpc) is 2.89. The molecule has 1 aliphatic rings. The van der Waals surface area contributed by atoms with Crippen molar-refractivity contribution in [2.24, 2.45) is 10.9 Å². The van der Waals surface area contributed by atoms with Crippen LogP contribution >= 0.6 is 0 Å². The van der Waals surface area contributed by atoms with Gasteiger partial charge >= 0.3 is 0 Å². The molecule has 1 saturated heterocycles. The summed E-state index contributed by atoms with van der Waals surface area (Å²) in [5.74, 6) is 0.0480. The number of oxime groups is 1. The highest BCUT2D eigenvalue weighted by Crippen LogP contribution is 2.21. The largest absolute Gasteiger partial charge is 0.409 e. The lowest BCUT2D eigenvalue weighted by Crippen LogP contribution is -2.43. The zero-order valence-electron chi connectivity index (χ0n) is 11.3. The monoisotopic (exact) mass is 261 g/mol. The van der Waals surface area contributed by atoms with Crippen molar-refractivity contribution in [2.45, 2.75) is 32.7 Å². The zero-order chi connectivity index (χ0) is 14.0. The van der Waals surface area contributed by atoms with E-state index in [1.165, 1.54) is 0 Å². The van der Waals surface area contributed by atoms with E-state index in [1.807, 2.05) is 32.0 Å². The summed E-state index contributed by atoms with van der Waals surface area (Å²) >= 11 is 0. The molecule has 1 amide bonds. The second-order valence-corrected chi connectivity index (χ2v) is 4.98. The van der Waals surface area contributed by atoms with E-state index >= 15 is 0 Å². The maximum atomic E-state index is 12.5. The molecule has 2 rings (SSSR count). The van der Waals surface area contributed by atoms with Crippen LogP contribution in [0.15, 0.2) is 23.4 Å². The van der Waals surface area contributed by atoms with Crippen LogP contribution in [0.25, 0.3) is 0 Å². The lowest BCUT2D eigenvalue weighted by Gasteiger charge is -2.23. The first-order chi connectivity index (χ1) is 9.04. The van der Waals surface area contributed by atoms with Crippen molar-refractivity contribution >= 4 is 11.7 Å². The molecule has 0 spiro atoms. The van der Waals surface area contributed by atoms with Gasteiger partial charge in [0.05, 0.1) is 6.04 Å². The molecule has 5 nitrogen and oxygen atoms in total. The van der Waals surface area contributed by atoms with E-state index < -0.39 is 0 Å². The molecule has 1 aromatic rings. The van der Waals surface area contributed by atoms with Crippen molar-refractivity contribution in [3.8, 4) is 0 Å². The number of rotatable bonds is 2. The third-order valence-corrected chi connectivity index (χ3v) is 3.72. The van der Waals surface area contributed by atoms with E-state index in [2.05, 4.69) is 5.16 Å². The predicted octanol–water partition coefficient (Wildman–Crippen LogP) is 1.65. The van der Waals surface area contributed by atoms with Crippen LogP contribution in [-0.4, -0.2) is 34.4 Å². The fraction of sp³-hybridized carbons (Fsp3) is 0.429. The minimum absolute atomic E-state index is 0.0581. The molecular weight excluding hydrogens is 242 g/mol. The van der Waals surface area contributed by atoms with Gasteiger partial charge in [-0.2, -0.15) is 0 Å². The van der Waals surface area contributed by atoms with Gasteiger partial charge in [0, 0.05) is 12.1 Å². The first-order valence-electron chi connectivity index (χ1n) is 6.40. The molecule has 19 heavy (non-hydrogen) atoms. The Balaban J connectivity index is 2.25. The molecule has 1 atom stereocenters. The van der Waals surface area contributed by atoms with Crippen molar-refractivity contribution in [1.29, 1.82) is 0 Å². The molecule has 1 unspecified atom stereocenters. The van der Waals surface area contributed by atoms with Crippen LogP contribution in [0.1, 0.15) is 34.3 Å². The Hall–Kier alpha value is -2.04. The molecule has 102 valence electrons. The minimum atomic E-state index is -0.292. The van der Waals surface area contributed by atoms with Gasteiger partial charge in [-0.05, 0) is 49.9 Å². The molecule has 0 aliphatic carbocycles. The summed E-state index contributed by atoms with van der Waals surface area (Å²) in [5.41, 5.74) is 8.54. The van der Waals surface area contributed by atoms with E-state index in [4.69, 9.17) is 10.9 Å². The van der Waals surface area contributed by atoms with Crippen LogP contribution in [0.4, 0.5) is 0 Å². The van der Waals surface area contributed by atoms with E-state index in [9.17, 15) is 4.79 Å². The number of aryl methyl sites for hydroxylation is 2. The summed E-state index contributed by atoms with van der Waals surface area (Å²) in [6.45, 7) is 4.64. The van der Waals surface area contributed by atoms with Crippen LogP contribution in [-0.2, 0) is 0 Å². The molecule has 0 saturated carbocycles. The molecule has 0 aromatic heterocycles. The van der Waals surface area contributed by atoms with Gasteiger partial charge in [0.15, 0.2) is 5.84 Å². The normalized spacial score (nSPS) is 19.8. The quantitative estimate of drug-likeness (QED) is 0.368. The van der Waals surface area contributed by atoms with Crippen LogP contribution < -0.4 is 5.73 Å². The van der Waals surface area contributed by atoms with Crippen LogP contribution in [0.3, 0.4) is 0 Å². The van der Waals surface area contributed by atoms with Gasteiger partial charge in [-0.3, -0.25) is 4.79 Å². The lowest BCUT2D eigenvalue weighted by molar-refractivity contribution is 0.0768. The first-order valence-corrected chi connectivity index (χ1v) is 6.40. The van der Waals surface area contributed by atoms with Crippen LogP contribution in [0, 0.1) is 13.8 Å². The summed E-state index contributed by atoms with van der Waals surface area (Å²) < 4.78 is 0. The summed E-state index contributed by atoms with van der Waals surface area (Å²) in [6, 6.07) is 5.36. The summed E-state index contributed by atoms with van der Waals surface area (Å²) in [5, 5.41) is 11.8. The van der Waals surface area contributed by atoms with Crippen molar-refractivity contribution < 1.29 is 10.0 Å². The molecule has 1 aliphatic heterocycles. The van der Waals surface area contributed by atoms with Crippen molar-refractivity contribution in [3.63, 3.8) is 0 Å². The van der Waals surface area contributed by atoms with E-state index in [1.54, 1.807) is 4.90 Å². The van der Waals surface area contributed by atoms with Gasteiger partial charge in [0.1, 0.15) is 0 Å². The predicted molar refractivity (Wildman–Crippen MR) is 73.4 cm³/mol. The number of hydrogen-bond acceptors (Lipinski definition) is 3. The Morgan fingerprint density at radius 3 is 2.79 bits per heavy atom. The highest BCUT2D eigenvalue weighted by molar-refractivity contribution is 5.98. The SMILES string of the molecule is Cc1ccc(C(=O)N2CCCC2C(N)=NO)cc1C. The standard InChI is InChI=1S/C14H19N3O2/c1-9-5-6-11(8-10(9)2)14(18)17-7-3-4-12(17)13(15)16-19/h5-6,8,12,19H,3-4,7H2,1-2H3,(H2,15,16). The average molecular weight is 261 g/mol. The second-order valence-electron chi connectivity index (χ2n) is 4.98. The molecule has 0 radical (unpaired) electrons. The zero-order valence-corrected chi connectivity index (χ0v) is 11.3. The fourth-order valence-corrected chi connectivity index (χ4v) is 2.42. The molecule has 0 bridgehead atoms. The second kappa shape index (κ2) is 5.30. The van der Waals surface area contributed by atoms with Crippen molar-refractivity contribution in [3.05, 3.63) is 34.9 Å². The Bertz CT molecular complexity index is 525. The number of amides is 1. The van der Waals surface area contributed by atoms with Gasteiger partial charge in [0.2, 0.25) is 0 Å². The van der Waals surface area contributed by atoms with Gasteiger partial charge in [-0.1, -0.05) is 11.2 Å². The molecule has 3 N–H and O–H groups in total. The molecule has 1 aromatic carbocycles. The van der Waals surface area contributed by atoms with Crippen molar-refractivity contribution in [2.75, 3.05) is 6.54 Å². The third-order valence-electron chi connectivity index (χ3n) is 3.72. The highest BCUT2D eigenvalue weighted by atomic mass is 16.4. The first kappa shape index (κ1) is 13.4. The fourth-order valence-electron chi connectivity index (χ4n) is 2.42. The molecule has 1 heterocycles. The number of nitrogens with two attached hydrogens (primary N) is 1. The van der Waals surface area contributed by atoms with Gasteiger partial charge in [0.25, 0.3) is 5.91 Å². The number of hydrogen-bond donors (Lipinski definition) is 2. The number of likely N-dealkylation sites (tertiary alicyclic amines) is 1. The number of benzene rings is 1. The lowest BCUT2D eigenvalue weighted by atomic mass is 10.1. The maximum absolute atomic E-state index is 12.5. The number of nitrogens with zero attached hydrogens (tertiary/aromatic N) is 2. The van der Waals surface area contributed by atoms with E-state index in [-0.39, 0.29) is 17.8 Å². The Labute approximate surface area is 112 Å². The Kier molecular flexibility index (Phi) is 3.74. The van der Waals surface area contributed by atoms with E-state index in [0.717, 1.165) is 24.0 Å². The number of amidine groups is 1.